The normalized spacial score (nSPS) is 22.4. The number of hydrogen-bond donors (Lipinski definition) is 2. The molecule has 0 radical (unpaired) electrons. The SMILES string of the molecule is [N-]=[N+]=NCCOCCOCCOCCNC(=O)CCCC[C@@H]1SC[C@@H]2NC(=O)C[C@@H]21. The topological polar surface area (TPSA) is 135 Å². The molecule has 2 amide bonds. The maximum absolute atomic E-state index is 11.9. The molecular weight excluding hydrogens is 410 g/mol. The largest absolute Gasteiger partial charge is 0.379 e. The van der Waals surface area contributed by atoms with Gasteiger partial charge < -0.3 is 24.8 Å². The summed E-state index contributed by atoms with van der Waals surface area (Å²) in [6.07, 6.45) is 4.18. The van der Waals surface area contributed by atoms with Gasteiger partial charge in [0.05, 0.1) is 39.6 Å². The molecule has 0 aliphatic carbocycles. The van der Waals surface area contributed by atoms with Crippen LogP contribution < -0.4 is 10.6 Å². The second-order valence-electron chi connectivity index (χ2n) is 7.30. The summed E-state index contributed by atoms with van der Waals surface area (Å²) >= 11 is 1.96. The maximum Gasteiger partial charge on any atom is 0.220 e. The summed E-state index contributed by atoms with van der Waals surface area (Å²) in [6.45, 7) is 3.52. The van der Waals surface area contributed by atoms with Crippen molar-refractivity contribution in [3.05, 3.63) is 10.4 Å². The molecule has 0 aromatic rings. The molecule has 2 fully saturated rings. The second kappa shape index (κ2) is 15.3. The summed E-state index contributed by atoms with van der Waals surface area (Å²) in [7, 11) is 0. The lowest BCUT2D eigenvalue weighted by atomic mass is 9.94. The quantitative estimate of drug-likeness (QED) is 0.152. The van der Waals surface area contributed by atoms with Gasteiger partial charge in [0.1, 0.15) is 0 Å². The van der Waals surface area contributed by atoms with E-state index in [-0.39, 0.29) is 11.8 Å². The van der Waals surface area contributed by atoms with Gasteiger partial charge in [-0.3, -0.25) is 9.59 Å². The Morgan fingerprint density at radius 2 is 1.90 bits per heavy atom. The monoisotopic (exact) mass is 443 g/mol. The fraction of sp³-hybridized carbons (Fsp3) is 0.895. The van der Waals surface area contributed by atoms with Crippen molar-refractivity contribution in [1.29, 1.82) is 0 Å². The van der Waals surface area contributed by atoms with Gasteiger partial charge in [0.15, 0.2) is 0 Å². The number of nitrogens with one attached hydrogen (secondary N) is 2. The van der Waals surface area contributed by atoms with E-state index in [0.717, 1.165) is 25.0 Å². The third kappa shape index (κ3) is 9.99. The number of unbranched alkanes of at least 4 members (excludes halogenated alkanes) is 1. The molecular formula is C19H33N5O5S. The molecule has 11 heteroatoms. The van der Waals surface area contributed by atoms with Gasteiger partial charge in [0.25, 0.3) is 0 Å². The van der Waals surface area contributed by atoms with Crippen molar-refractivity contribution in [2.24, 2.45) is 11.0 Å². The van der Waals surface area contributed by atoms with Gasteiger partial charge in [-0.2, -0.15) is 11.8 Å². The van der Waals surface area contributed by atoms with Gasteiger partial charge in [-0.05, 0) is 18.4 Å². The van der Waals surface area contributed by atoms with Crippen LogP contribution in [-0.4, -0.2) is 81.6 Å². The summed E-state index contributed by atoms with van der Waals surface area (Å²) in [5.41, 5.74) is 8.11. The van der Waals surface area contributed by atoms with Gasteiger partial charge in [-0.1, -0.05) is 11.5 Å². The van der Waals surface area contributed by atoms with Gasteiger partial charge >= 0.3 is 0 Å². The number of thioether (sulfide) groups is 1. The molecule has 3 atom stereocenters. The van der Waals surface area contributed by atoms with Gasteiger partial charge in [0, 0.05) is 53.8 Å². The molecule has 2 N–H and O–H groups in total. The molecule has 0 bridgehead atoms. The number of rotatable bonds is 17. The molecule has 2 rings (SSSR count). The Labute approximate surface area is 181 Å². The average Bonchev–Trinajstić information content (AvgIpc) is 3.28. The number of hydrogen-bond acceptors (Lipinski definition) is 7. The summed E-state index contributed by atoms with van der Waals surface area (Å²) in [6, 6.07) is 0.366. The van der Waals surface area contributed by atoms with Crippen molar-refractivity contribution in [3.63, 3.8) is 0 Å². The molecule has 0 aromatic heterocycles. The molecule has 0 unspecified atom stereocenters. The smallest absolute Gasteiger partial charge is 0.220 e. The van der Waals surface area contributed by atoms with Crippen molar-refractivity contribution in [2.45, 2.75) is 43.4 Å². The zero-order chi connectivity index (χ0) is 21.4. The first-order valence-electron chi connectivity index (χ1n) is 10.6. The molecule has 0 spiro atoms. The third-order valence-corrected chi connectivity index (χ3v) is 6.67. The van der Waals surface area contributed by atoms with Gasteiger partial charge in [-0.25, -0.2) is 0 Å². The average molecular weight is 444 g/mol. The van der Waals surface area contributed by atoms with Gasteiger partial charge in [0.2, 0.25) is 11.8 Å². The maximum atomic E-state index is 11.9. The molecule has 30 heavy (non-hydrogen) atoms. The minimum atomic E-state index is 0.0578. The highest BCUT2D eigenvalue weighted by Crippen LogP contribution is 2.40. The number of azide groups is 1. The predicted molar refractivity (Wildman–Crippen MR) is 114 cm³/mol. The Bertz CT molecular complexity index is 576. The number of fused-ring (bicyclic) bond motifs is 1. The number of ether oxygens (including phenoxy) is 3. The highest BCUT2D eigenvalue weighted by atomic mass is 32.2. The Morgan fingerprint density at radius 1 is 1.17 bits per heavy atom. The van der Waals surface area contributed by atoms with E-state index in [4.69, 9.17) is 19.7 Å². The first-order chi connectivity index (χ1) is 14.7. The summed E-state index contributed by atoms with van der Waals surface area (Å²) in [5.74, 6) is 1.76. The third-order valence-electron chi connectivity index (χ3n) is 5.11. The zero-order valence-corrected chi connectivity index (χ0v) is 18.2. The lowest BCUT2D eigenvalue weighted by Gasteiger charge is -2.15. The summed E-state index contributed by atoms with van der Waals surface area (Å²) in [4.78, 5) is 26.0. The molecule has 0 saturated carbocycles. The Morgan fingerprint density at radius 3 is 2.67 bits per heavy atom. The molecule has 0 aromatic carbocycles. The molecule has 2 aliphatic heterocycles. The number of carbonyl (C=O) groups is 2. The van der Waals surface area contributed by atoms with E-state index in [1.54, 1.807) is 0 Å². The number of amides is 2. The Kier molecular flexibility index (Phi) is 12.6. The Hall–Kier alpha value is -1.52. The number of carbonyl (C=O) groups excluding carboxylic acids is 2. The summed E-state index contributed by atoms with van der Waals surface area (Å²) in [5, 5.41) is 9.84. The molecule has 2 saturated heterocycles. The van der Waals surface area contributed by atoms with Crippen LogP contribution in [0.3, 0.4) is 0 Å². The van der Waals surface area contributed by atoms with Crippen molar-refractivity contribution in [2.75, 3.05) is 58.5 Å². The van der Waals surface area contributed by atoms with Gasteiger partial charge in [-0.15, -0.1) is 0 Å². The molecule has 2 aliphatic rings. The van der Waals surface area contributed by atoms with Crippen molar-refractivity contribution in [3.8, 4) is 0 Å². The van der Waals surface area contributed by atoms with Crippen LogP contribution in [0.1, 0.15) is 32.1 Å². The fourth-order valence-corrected chi connectivity index (χ4v) is 5.26. The highest BCUT2D eigenvalue weighted by molar-refractivity contribution is 8.00. The van der Waals surface area contributed by atoms with Crippen LogP contribution in [0.5, 0.6) is 0 Å². The summed E-state index contributed by atoms with van der Waals surface area (Å²) < 4.78 is 16.0. The van der Waals surface area contributed by atoms with E-state index in [9.17, 15) is 9.59 Å². The van der Waals surface area contributed by atoms with Crippen LogP contribution in [-0.2, 0) is 23.8 Å². The van der Waals surface area contributed by atoms with Crippen LogP contribution in [0.25, 0.3) is 10.4 Å². The second-order valence-corrected chi connectivity index (χ2v) is 8.57. The lowest BCUT2D eigenvalue weighted by Crippen LogP contribution is -2.29. The van der Waals surface area contributed by atoms with Crippen LogP contribution in [0.4, 0.5) is 0 Å². The molecule has 10 nitrogen and oxygen atoms in total. The van der Waals surface area contributed by atoms with E-state index in [2.05, 4.69) is 20.7 Å². The first-order valence-corrected chi connectivity index (χ1v) is 11.7. The zero-order valence-electron chi connectivity index (χ0n) is 17.4. The number of nitrogens with zero attached hydrogens (tertiary/aromatic N) is 3. The van der Waals surface area contributed by atoms with E-state index in [0.29, 0.717) is 82.8 Å². The van der Waals surface area contributed by atoms with E-state index < -0.39 is 0 Å². The van der Waals surface area contributed by atoms with Crippen LogP contribution in [0.15, 0.2) is 5.11 Å². The van der Waals surface area contributed by atoms with Crippen LogP contribution in [0, 0.1) is 5.92 Å². The molecule has 170 valence electrons. The van der Waals surface area contributed by atoms with E-state index >= 15 is 0 Å². The van der Waals surface area contributed by atoms with Crippen molar-refractivity contribution >= 4 is 23.6 Å². The molecule has 2 heterocycles. The Balaban J connectivity index is 1.32. The standard InChI is InChI=1S/C19H33N5O5S/c20-24-22-6-8-28-10-12-29-11-9-27-7-5-21-18(25)4-2-1-3-17-15-13-19(26)23-16(15)14-30-17/h15-17H,1-14H2,(H,21,25)(H,23,26)/t15-,16-,17-/m0/s1. The minimum Gasteiger partial charge on any atom is -0.379 e. The first kappa shape index (κ1) is 24.7. The van der Waals surface area contributed by atoms with Crippen LogP contribution >= 0.6 is 11.8 Å². The van der Waals surface area contributed by atoms with Crippen molar-refractivity contribution in [1.82, 2.24) is 10.6 Å². The fourth-order valence-electron chi connectivity index (χ4n) is 3.61. The van der Waals surface area contributed by atoms with E-state index in [1.807, 2.05) is 11.8 Å². The highest BCUT2D eigenvalue weighted by Gasteiger charge is 2.42. The van der Waals surface area contributed by atoms with Crippen molar-refractivity contribution < 1.29 is 23.8 Å². The predicted octanol–water partition coefficient (Wildman–Crippen LogP) is 1.64. The van der Waals surface area contributed by atoms with E-state index in [1.165, 1.54) is 0 Å². The minimum absolute atomic E-state index is 0.0578. The lowest BCUT2D eigenvalue weighted by molar-refractivity contribution is -0.121. The van der Waals surface area contributed by atoms with Crippen LogP contribution in [0.2, 0.25) is 0 Å².